The molecule has 0 aromatic heterocycles. The summed E-state index contributed by atoms with van der Waals surface area (Å²) < 4.78 is 0. The van der Waals surface area contributed by atoms with Gasteiger partial charge in [0.15, 0.2) is 0 Å². The number of hydrogen-bond acceptors (Lipinski definition) is 6. The van der Waals surface area contributed by atoms with E-state index in [-0.39, 0.29) is 177 Å². The fourth-order valence-electron chi connectivity index (χ4n) is 0. The molecule has 52 valence electrons. The Labute approximate surface area is 218 Å². The van der Waals surface area contributed by atoms with Gasteiger partial charge in [-0.25, -0.2) is 0 Å². The second kappa shape index (κ2) is 42.7. The summed E-state index contributed by atoms with van der Waals surface area (Å²) in [5.41, 5.74) is 0. The second-order valence-corrected chi connectivity index (χ2v) is 1.34. The van der Waals surface area contributed by atoms with Gasteiger partial charge in [0, 0.05) is 0 Å². The van der Waals surface area contributed by atoms with Crippen molar-refractivity contribution < 1.29 is 207 Å². The van der Waals surface area contributed by atoms with Crippen molar-refractivity contribution in [2.24, 2.45) is 0 Å². The molecule has 0 amide bonds. The van der Waals surface area contributed by atoms with Crippen LogP contribution in [0.4, 0.5) is 0 Å². The molecular weight excluding hydrogens is 296 g/mol. The van der Waals surface area contributed by atoms with E-state index in [1.165, 1.54) is 0 Å². The molecule has 14 heavy (non-hydrogen) atoms. The van der Waals surface area contributed by atoms with Gasteiger partial charge in [-0.05, 0) is 0 Å². The molecule has 0 spiro atoms. The Hall–Kier alpha value is 6.62. The van der Waals surface area contributed by atoms with Crippen LogP contribution in [0.2, 0.25) is 0 Å². The minimum atomic E-state index is -3.37. The van der Waals surface area contributed by atoms with E-state index in [1.807, 2.05) is 0 Å². The standard InChI is InChI=1S/6Na.2O3P/c;;;;;;2*1-4(2)3/q6*+1;2*-3. The van der Waals surface area contributed by atoms with E-state index >= 15 is 0 Å². The molecule has 0 unspecified atom stereocenters. The summed E-state index contributed by atoms with van der Waals surface area (Å²) in [6.45, 7) is 0. The van der Waals surface area contributed by atoms with E-state index < -0.39 is 17.2 Å². The Morgan fingerprint density at radius 2 is 0.357 bits per heavy atom. The number of rotatable bonds is 0. The zero-order valence-corrected chi connectivity index (χ0v) is 23.1. The molecule has 0 aliphatic rings. The van der Waals surface area contributed by atoms with Crippen LogP contribution in [0.1, 0.15) is 0 Å². The molecule has 0 aromatic rings. The molecule has 0 rings (SSSR count). The largest absolute Gasteiger partial charge is 1.00 e. The molecule has 0 aliphatic heterocycles. The quantitative estimate of drug-likeness (QED) is 0.321. The van der Waals surface area contributed by atoms with E-state index in [4.69, 9.17) is 29.4 Å². The first-order chi connectivity index (χ1) is 3.46. The third-order valence-corrected chi connectivity index (χ3v) is 0. The van der Waals surface area contributed by atoms with Gasteiger partial charge >= 0.3 is 177 Å². The first-order valence-electron chi connectivity index (χ1n) is 1.10. The van der Waals surface area contributed by atoms with Crippen LogP contribution in [0.15, 0.2) is 0 Å². The van der Waals surface area contributed by atoms with Crippen LogP contribution in [0.25, 0.3) is 0 Å². The van der Waals surface area contributed by atoms with E-state index in [0.717, 1.165) is 0 Å². The van der Waals surface area contributed by atoms with Crippen LogP contribution < -0.4 is 207 Å². The molecular formula is Na6O6P2. The zero-order valence-electron chi connectivity index (χ0n) is 9.34. The van der Waals surface area contributed by atoms with Crippen molar-refractivity contribution in [3.8, 4) is 0 Å². The molecule has 14 heteroatoms. The van der Waals surface area contributed by atoms with Crippen molar-refractivity contribution in [2.45, 2.75) is 0 Å². The van der Waals surface area contributed by atoms with Gasteiger partial charge in [0.1, 0.15) is 0 Å². The van der Waals surface area contributed by atoms with Crippen LogP contribution in [0, 0.1) is 0 Å². The second-order valence-electron chi connectivity index (χ2n) is 0.447. The fraction of sp³-hybridized carbons (Fsp3) is 0. The average molecular weight is 296 g/mol. The van der Waals surface area contributed by atoms with Crippen LogP contribution in [-0.4, -0.2) is 0 Å². The topological polar surface area (TPSA) is 138 Å². The Morgan fingerprint density at radius 1 is 0.357 bits per heavy atom. The van der Waals surface area contributed by atoms with E-state index in [9.17, 15) is 0 Å². The van der Waals surface area contributed by atoms with Gasteiger partial charge in [0.2, 0.25) is 0 Å². The summed E-state index contributed by atoms with van der Waals surface area (Å²) in [5, 5.41) is 0. The summed E-state index contributed by atoms with van der Waals surface area (Å²) in [5.74, 6) is 0. The third-order valence-electron chi connectivity index (χ3n) is 0. The fourth-order valence-corrected chi connectivity index (χ4v) is 0. The predicted molar refractivity (Wildman–Crippen MR) is 13.8 cm³/mol. The van der Waals surface area contributed by atoms with E-state index in [1.54, 1.807) is 0 Å². The van der Waals surface area contributed by atoms with Gasteiger partial charge in [0.05, 0.1) is 0 Å². The van der Waals surface area contributed by atoms with Gasteiger partial charge < -0.3 is 46.6 Å². The van der Waals surface area contributed by atoms with E-state index in [2.05, 4.69) is 0 Å². The van der Waals surface area contributed by atoms with Crippen molar-refractivity contribution in [1.82, 2.24) is 0 Å². The van der Waals surface area contributed by atoms with Gasteiger partial charge in [-0.15, -0.1) is 0 Å². The molecule has 0 N–H and O–H groups in total. The predicted octanol–water partition coefficient (Wildman–Crippen LogP) is -23.4. The van der Waals surface area contributed by atoms with Crippen LogP contribution >= 0.6 is 17.2 Å². The maximum absolute atomic E-state index is 8.48. The molecule has 0 fully saturated rings. The molecule has 6 nitrogen and oxygen atoms in total. The van der Waals surface area contributed by atoms with Crippen molar-refractivity contribution in [3.05, 3.63) is 0 Å². The van der Waals surface area contributed by atoms with Gasteiger partial charge in [-0.3, -0.25) is 0 Å². The van der Waals surface area contributed by atoms with Crippen LogP contribution in [-0.2, 0) is 0 Å². The third kappa shape index (κ3) is 132. The molecule has 0 aromatic carbocycles. The molecule has 0 bridgehead atoms. The molecule has 0 atom stereocenters. The maximum Gasteiger partial charge on any atom is 1.00 e. The normalized spacial score (nSPS) is 5.14. The Kier molecular flexibility index (Phi) is 152. The molecule has 0 radical (unpaired) electrons. The van der Waals surface area contributed by atoms with Gasteiger partial charge in [0.25, 0.3) is 0 Å². The SMILES string of the molecule is [Na+].[Na+].[Na+].[Na+].[Na+].[Na+].[O-]P([O-])[O-].[O-]P([O-])[O-]. The van der Waals surface area contributed by atoms with Crippen molar-refractivity contribution in [3.63, 3.8) is 0 Å². The van der Waals surface area contributed by atoms with Crippen molar-refractivity contribution >= 4 is 17.2 Å². The average Bonchev–Trinajstić information content (AvgIpc) is 1.25. The molecule has 0 heterocycles. The summed E-state index contributed by atoms with van der Waals surface area (Å²) in [6, 6.07) is 0. The van der Waals surface area contributed by atoms with Crippen molar-refractivity contribution in [1.29, 1.82) is 0 Å². The van der Waals surface area contributed by atoms with Crippen LogP contribution in [0.3, 0.4) is 0 Å². The minimum Gasteiger partial charge on any atom is -0.854 e. The first-order valence-corrected chi connectivity index (χ1v) is 3.29. The first kappa shape index (κ1) is 49.8. The Morgan fingerprint density at radius 3 is 0.357 bits per heavy atom. The summed E-state index contributed by atoms with van der Waals surface area (Å²) in [4.78, 5) is 50.9. The monoisotopic (exact) mass is 296 g/mol. The molecule has 0 saturated carbocycles. The van der Waals surface area contributed by atoms with Gasteiger partial charge in [-0.1, -0.05) is 0 Å². The molecule has 0 aliphatic carbocycles. The Bertz CT molecular complexity index is 35.8. The minimum absolute atomic E-state index is 0. The van der Waals surface area contributed by atoms with E-state index in [0.29, 0.717) is 0 Å². The zero-order chi connectivity index (χ0) is 7.15. The molecule has 0 saturated heterocycles. The van der Waals surface area contributed by atoms with Gasteiger partial charge in [-0.2, -0.15) is 0 Å². The van der Waals surface area contributed by atoms with Crippen LogP contribution in [0.5, 0.6) is 0 Å². The maximum atomic E-state index is 8.48. The Balaban J connectivity index is -0.00000000600. The smallest absolute Gasteiger partial charge is 0.854 e. The summed E-state index contributed by atoms with van der Waals surface area (Å²) in [6.07, 6.45) is 0. The summed E-state index contributed by atoms with van der Waals surface area (Å²) in [7, 11) is -6.74. The summed E-state index contributed by atoms with van der Waals surface area (Å²) >= 11 is 0. The van der Waals surface area contributed by atoms with Crippen molar-refractivity contribution in [2.75, 3.05) is 0 Å². The number of hydrogen-bond donors (Lipinski definition) is 0.